The molecule has 3 rings (SSSR count). The van der Waals surface area contributed by atoms with Gasteiger partial charge in [-0.3, -0.25) is 4.79 Å². The van der Waals surface area contributed by atoms with E-state index < -0.39 is 0 Å². The van der Waals surface area contributed by atoms with Crippen LogP contribution in [-0.4, -0.2) is 43.0 Å². The van der Waals surface area contributed by atoms with Crippen LogP contribution in [0.2, 0.25) is 0 Å². The van der Waals surface area contributed by atoms with Gasteiger partial charge in [0.05, 0.1) is 6.04 Å². The van der Waals surface area contributed by atoms with Crippen molar-refractivity contribution >= 4 is 11.6 Å². The standard InChI is InChI=1S/C15H21N3O/c1-18-9-8-12(10-18)16-14-7-6-11-4-2-3-5-13(11)17-15(14)19/h2-5,12,14,16H,6-10H2,1H3,(H,17,19). The fraction of sp³-hybridized carbons (Fsp3) is 0.533. The molecule has 4 nitrogen and oxygen atoms in total. The van der Waals surface area contributed by atoms with E-state index in [0.717, 1.165) is 38.0 Å². The van der Waals surface area contributed by atoms with E-state index in [1.54, 1.807) is 0 Å². The lowest BCUT2D eigenvalue weighted by molar-refractivity contribution is -0.118. The van der Waals surface area contributed by atoms with Crippen molar-refractivity contribution in [2.75, 3.05) is 25.5 Å². The second-order valence-electron chi connectivity index (χ2n) is 5.65. The summed E-state index contributed by atoms with van der Waals surface area (Å²) >= 11 is 0. The van der Waals surface area contributed by atoms with E-state index in [1.807, 2.05) is 18.2 Å². The van der Waals surface area contributed by atoms with Gasteiger partial charge < -0.3 is 15.5 Å². The Morgan fingerprint density at radius 2 is 2.16 bits per heavy atom. The molecule has 0 spiro atoms. The predicted molar refractivity (Wildman–Crippen MR) is 76.2 cm³/mol. The van der Waals surface area contributed by atoms with E-state index in [2.05, 4.69) is 28.6 Å². The van der Waals surface area contributed by atoms with Crippen LogP contribution in [0.5, 0.6) is 0 Å². The van der Waals surface area contributed by atoms with Gasteiger partial charge in [0.15, 0.2) is 0 Å². The third kappa shape index (κ3) is 2.80. The minimum absolute atomic E-state index is 0.0658. The topological polar surface area (TPSA) is 44.4 Å². The number of carbonyl (C=O) groups is 1. The Morgan fingerprint density at radius 1 is 1.32 bits per heavy atom. The molecule has 1 amide bonds. The quantitative estimate of drug-likeness (QED) is 0.840. The molecule has 0 aliphatic carbocycles. The molecule has 2 aliphatic rings. The number of amides is 1. The first kappa shape index (κ1) is 12.6. The van der Waals surface area contributed by atoms with Crippen LogP contribution in [-0.2, 0) is 11.2 Å². The van der Waals surface area contributed by atoms with E-state index in [9.17, 15) is 4.79 Å². The summed E-state index contributed by atoms with van der Waals surface area (Å²) in [6.45, 7) is 2.16. The molecule has 1 saturated heterocycles. The zero-order valence-electron chi connectivity index (χ0n) is 11.4. The molecule has 2 heterocycles. The number of likely N-dealkylation sites (N-methyl/N-ethyl adjacent to an activating group) is 1. The summed E-state index contributed by atoms with van der Waals surface area (Å²) in [5.41, 5.74) is 2.21. The zero-order valence-corrected chi connectivity index (χ0v) is 11.4. The summed E-state index contributed by atoms with van der Waals surface area (Å²) in [4.78, 5) is 14.6. The largest absolute Gasteiger partial charge is 0.324 e. The molecule has 2 aliphatic heterocycles. The summed E-state index contributed by atoms with van der Waals surface area (Å²) in [6.07, 6.45) is 2.96. The van der Waals surface area contributed by atoms with Crippen LogP contribution >= 0.6 is 0 Å². The highest BCUT2D eigenvalue weighted by atomic mass is 16.2. The second kappa shape index (κ2) is 5.31. The molecule has 4 heteroatoms. The lowest BCUT2D eigenvalue weighted by Crippen LogP contribution is -2.46. The molecule has 0 radical (unpaired) electrons. The fourth-order valence-corrected chi connectivity index (χ4v) is 3.03. The number of para-hydroxylation sites is 1. The number of fused-ring (bicyclic) bond motifs is 1. The Kier molecular flexibility index (Phi) is 3.53. The maximum Gasteiger partial charge on any atom is 0.241 e. The number of hydrogen-bond acceptors (Lipinski definition) is 3. The van der Waals surface area contributed by atoms with Crippen molar-refractivity contribution in [2.24, 2.45) is 0 Å². The molecular formula is C15H21N3O. The molecule has 1 fully saturated rings. The van der Waals surface area contributed by atoms with Crippen molar-refractivity contribution in [1.82, 2.24) is 10.2 Å². The van der Waals surface area contributed by atoms with Gasteiger partial charge in [-0.25, -0.2) is 0 Å². The number of hydrogen-bond donors (Lipinski definition) is 2. The number of anilines is 1. The normalized spacial score (nSPS) is 27.7. The van der Waals surface area contributed by atoms with Gasteiger partial charge in [0.1, 0.15) is 0 Å². The summed E-state index contributed by atoms with van der Waals surface area (Å²) in [6, 6.07) is 8.47. The summed E-state index contributed by atoms with van der Waals surface area (Å²) in [7, 11) is 2.13. The van der Waals surface area contributed by atoms with Crippen LogP contribution in [0.25, 0.3) is 0 Å². The number of aryl methyl sites for hydroxylation is 1. The molecule has 2 atom stereocenters. The van der Waals surface area contributed by atoms with Gasteiger partial charge in [0, 0.05) is 18.3 Å². The molecule has 1 aromatic carbocycles. The first-order chi connectivity index (χ1) is 9.22. The molecule has 0 aromatic heterocycles. The average Bonchev–Trinajstić information content (AvgIpc) is 2.74. The lowest BCUT2D eigenvalue weighted by atomic mass is 10.1. The molecular weight excluding hydrogens is 238 g/mol. The average molecular weight is 259 g/mol. The summed E-state index contributed by atoms with van der Waals surface area (Å²) < 4.78 is 0. The highest BCUT2D eigenvalue weighted by Crippen LogP contribution is 2.22. The first-order valence-corrected chi connectivity index (χ1v) is 7.06. The van der Waals surface area contributed by atoms with Crippen molar-refractivity contribution < 1.29 is 4.79 Å². The third-order valence-corrected chi connectivity index (χ3v) is 4.12. The minimum Gasteiger partial charge on any atom is -0.324 e. The van der Waals surface area contributed by atoms with Crippen molar-refractivity contribution in [3.8, 4) is 0 Å². The van der Waals surface area contributed by atoms with Crippen molar-refractivity contribution in [3.05, 3.63) is 29.8 Å². The van der Waals surface area contributed by atoms with Gasteiger partial charge in [0.2, 0.25) is 5.91 Å². The van der Waals surface area contributed by atoms with Crippen LogP contribution in [0, 0.1) is 0 Å². The predicted octanol–water partition coefficient (Wildman–Crippen LogP) is 1.23. The Balaban J connectivity index is 1.67. The molecule has 102 valence electrons. The van der Waals surface area contributed by atoms with Crippen molar-refractivity contribution in [1.29, 1.82) is 0 Å². The zero-order chi connectivity index (χ0) is 13.2. The van der Waals surface area contributed by atoms with Crippen LogP contribution in [0.4, 0.5) is 5.69 Å². The minimum atomic E-state index is -0.0658. The van der Waals surface area contributed by atoms with E-state index in [0.29, 0.717) is 6.04 Å². The van der Waals surface area contributed by atoms with Crippen LogP contribution < -0.4 is 10.6 Å². The number of benzene rings is 1. The van der Waals surface area contributed by atoms with Crippen LogP contribution in [0.1, 0.15) is 18.4 Å². The molecule has 1 aromatic rings. The van der Waals surface area contributed by atoms with E-state index in [1.165, 1.54) is 5.56 Å². The highest BCUT2D eigenvalue weighted by molar-refractivity contribution is 5.96. The SMILES string of the molecule is CN1CCC(NC2CCc3ccccc3NC2=O)C1. The Labute approximate surface area is 114 Å². The van der Waals surface area contributed by atoms with E-state index in [-0.39, 0.29) is 11.9 Å². The second-order valence-corrected chi connectivity index (χ2v) is 5.65. The van der Waals surface area contributed by atoms with Crippen molar-refractivity contribution in [2.45, 2.75) is 31.3 Å². The first-order valence-electron chi connectivity index (χ1n) is 7.06. The van der Waals surface area contributed by atoms with Crippen molar-refractivity contribution in [3.63, 3.8) is 0 Å². The molecule has 2 unspecified atom stereocenters. The van der Waals surface area contributed by atoms with Crippen LogP contribution in [0.15, 0.2) is 24.3 Å². The van der Waals surface area contributed by atoms with Gasteiger partial charge >= 0.3 is 0 Å². The van der Waals surface area contributed by atoms with E-state index in [4.69, 9.17) is 0 Å². The molecule has 0 saturated carbocycles. The number of nitrogens with zero attached hydrogens (tertiary/aromatic N) is 1. The van der Waals surface area contributed by atoms with Gasteiger partial charge in [-0.15, -0.1) is 0 Å². The number of likely N-dealkylation sites (tertiary alicyclic amines) is 1. The van der Waals surface area contributed by atoms with Crippen LogP contribution in [0.3, 0.4) is 0 Å². The lowest BCUT2D eigenvalue weighted by Gasteiger charge is -2.20. The highest BCUT2D eigenvalue weighted by Gasteiger charge is 2.28. The smallest absolute Gasteiger partial charge is 0.241 e. The molecule has 2 N–H and O–H groups in total. The third-order valence-electron chi connectivity index (χ3n) is 4.12. The monoisotopic (exact) mass is 259 g/mol. The molecule has 0 bridgehead atoms. The van der Waals surface area contributed by atoms with E-state index >= 15 is 0 Å². The fourth-order valence-electron chi connectivity index (χ4n) is 3.03. The van der Waals surface area contributed by atoms with Gasteiger partial charge in [-0.2, -0.15) is 0 Å². The van der Waals surface area contributed by atoms with Gasteiger partial charge in [0.25, 0.3) is 0 Å². The van der Waals surface area contributed by atoms with Gasteiger partial charge in [-0.1, -0.05) is 18.2 Å². The van der Waals surface area contributed by atoms with Gasteiger partial charge in [-0.05, 0) is 44.5 Å². The number of rotatable bonds is 2. The molecule has 19 heavy (non-hydrogen) atoms. The Morgan fingerprint density at radius 3 is 2.95 bits per heavy atom. The summed E-state index contributed by atoms with van der Waals surface area (Å²) in [5.74, 6) is 0.111. The Bertz CT molecular complexity index is 474. The maximum atomic E-state index is 12.3. The maximum absolute atomic E-state index is 12.3. The Hall–Kier alpha value is -1.39. The number of carbonyl (C=O) groups excluding carboxylic acids is 1. The number of nitrogens with one attached hydrogen (secondary N) is 2. The summed E-state index contributed by atoms with van der Waals surface area (Å²) in [5, 5.41) is 6.56.